The Morgan fingerprint density at radius 3 is 2.38 bits per heavy atom. The van der Waals surface area contributed by atoms with Crippen LogP contribution >= 0.6 is 0 Å². The van der Waals surface area contributed by atoms with Crippen LogP contribution in [0.1, 0.15) is 59.3 Å². The molecular formula is C14H29NO. The minimum absolute atomic E-state index is 0.144. The van der Waals surface area contributed by atoms with Crippen molar-refractivity contribution in [1.82, 2.24) is 4.90 Å². The highest BCUT2D eigenvalue weighted by Crippen LogP contribution is 2.30. The van der Waals surface area contributed by atoms with Crippen molar-refractivity contribution in [2.75, 3.05) is 19.7 Å². The van der Waals surface area contributed by atoms with Crippen LogP contribution in [0.2, 0.25) is 0 Å². The van der Waals surface area contributed by atoms with Gasteiger partial charge in [-0.2, -0.15) is 0 Å². The lowest BCUT2D eigenvalue weighted by Gasteiger charge is -2.42. The van der Waals surface area contributed by atoms with E-state index in [1.165, 1.54) is 32.2 Å². The van der Waals surface area contributed by atoms with Gasteiger partial charge in [-0.3, -0.25) is 4.90 Å². The van der Waals surface area contributed by atoms with Gasteiger partial charge in [0.25, 0.3) is 0 Å². The summed E-state index contributed by atoms with van der Waals surface area (Å²) < 4.78 is 0. The van der Waals surface area contributed by atoms with Crippen molar-refractivity contribution in [3.63, 3.8) is 0 Å². The molecule has 1 rings (SSSR count). The van der Waals surface area contributed by atoms with Gasteiger partial charge in [0.1, 0.15) is 0 Å². The SMILES string of the molecule is CCC1CCCCN1CC(CC)(CC)CO. The molecule has 1 aliphatic rings. The maximum Gasteiger partial charge on any atom is 0.0499 e. The van der Waals surface area contributed by atoms with Crippen LogP contribution in [0.4, 0.5) is 0 Å². The number of nitrogens with zero attached hydrogens (tertiary/aromatic N) is 1. The Morgan fingerprint density at radius 2 is 1.88 bits per heavy atom. The van der Waals surface area contributed by atoms with E-state index in [1.807, 2.05) is 0 Å². The van der Waals surface area contributed by atoms with E-state index in [0.29, 0.717) is 6.61 Å². The van der Waals surface area contributed by atoms with E-state index < -0.39 is 0 Å². The molecule has 0 spiro atoms. The third-order valence-corrected chi connectivity index (χ3v) is 4.59. The highest BCUT2D eigenvalue weighted by atomic mass is 16.3. The molecule has 1 fully saturated rings. The molecule has 16 heavy (non-hydrogen) atoms. The molecule has 1 heterocycles. The molecule has 1 atom stereocenters. The van der Waals surface area contributed by atoms with E-state index in [1.54, 1.807) is 0 Å². The molecular weight excluding hydrogens is 198 g/mol. The molecule has 0 aromatic rings. The molecule has 1 saturated heterocycles. The van der Waals surface area contributed by atoms with Gasteiger partial charge in [-0.05, 0) is 38.6 Å². The van der Waals surface area contributed by atoms with Gasteiger partial charge in [0, 0.05) is 24.6 Å². The molecule has 0 aromatic carbocycles. The second-order valence-corrected chi connectivity index (χ2v) is 5.39. The number of hydrogen-bond donors (Lipinski definition) is 1. The average Bonchev–Trinajstić information content (AvgIpc) is 2.36. The largest absolute Gasteiger partial charge is 0.396 e. The summed E-state index contributed by atoms with van der Waals surface area (Å²) in [5, 5.41) is 9.64. The van der Waals surface area contributed by atoms with Crippen molar-refractivity contribution in [2.24, 2.45) is 5.41 Å². The Bertz CT molecular complexity index is 181. The number of rotatable bonds is 6. The van der Waals surface area contributed by atoms with Crippen LogP contribution in [0.15, 0.2) is 0 Å². The molecule has 2 nitrogen and oxygen atoms in total. The number of likely N-dealkylation sites (tertiary alicyclic amines) is 1. The molecule has 96 valence electrons. The lowest BCUT2D eigenvalue weighted by molar-refractivity contribution is 0.0320. The summed E-state index contributed by atoms with van der Waals surface area (Å²) in [6.45, 7) is 9.39. The third kappa shape index (κ3) is 3.21. The minimum Gasteiger partial charge on any atom is -0.396 e. The molecule has 1 unspecified atom stereocenters. The highest BCUT2D eigenvalue weighted by molar-refractivity contribution is 4.84. The van der Waals surface area contributed by atoms with Crippen molar-refractivity contribution < 1.29 is 5.11 Å². The van der Waals surface area contributed by atoms with Gasteiger partial charge in [-0.15, -0.1) is 0 Å². The van der Waals surface area contributed by atoms with Crippen LogP contribution in [-0.4, -0.2) is 35.7 Å². The van der Waals surface area contributed by atoms with Gasteiger partial charge >= 0.3 is 0 Å². The molecule has 1 N–H and O–H groups in total. The summed E-state index contributed by atoms with van der Waals surface area (Å²) in [6.07, 6.45) is 7.52. The highest BCUT2D eigenvalue weighted by Gasteiger charge is 2.31. The van der Waals surface area contributed by atoms with Crippen LogP contribution < -0.4 is 0 Å². The van der Waals surface area contributed by atoms with E-state index in [-0.39, 0.29) is 5.41 Å². The van der Waals surface area contributed by atoms with Gasteiger partial charge in [0.05, 0.1) is 0 Å². The first-order valence-electron chi connectivity index (χ1n) is 7.06. The minimum atomic E-state index is 0.144. The average molecular weight is 227 g/mol. The summed E-state index contributed by atoms with van der Waals surface area (Å²) >= 11 is 0. The predicted molar refractivity (Wildman–Crippen MR) is 69.6 cm³/mol. The monoisotopic (exact) mass is 227 g/mol. The van der Waals surface area contributed by atoms with Crippen LogP contribution in [0.5, 0.6) is 0 Å². The van der Waals surface area contributed by atoms with E-state index in [0.717, 1.165) is 25.4 Å². The molecule has 0 bridgehead atoms. The molecule has 0 radical (unpaired) electrons. The van der Waals surface area contributed by atoms with Gasteiger partial charge < -0.3 is 5.11 Å². The maximum absolute atomic E-state index is 9.64. The standard InChI is InChI=1S/C14H29NO/c1-4-13-9-7-8-10-15(13)11-14(5-2,6-3)12-16/h13,16H,4-12H2,1-3H3. The Kier molecular flexibility index (Phi) is 5.77. The van der Waals surface area contributed by atoms with Gasteiger partial charge in [0.15, 0.2) is 0 Å². The maximum atomic E-state index is 9.64. The van der Waals surface area contributed by atoms with Gasteiger partial charge in [0.2, 0.25) is 0 Å². The molecule has 0 aliphatic carbocycles. The van der Waals surface area contributed by atoms with Crippen LogP contribution in [0.3, 0.4) is 0 Å². The Morgan fingerprint density at radius 1 is 1.19 bits per heavy atom. The smallest absolute Gasteiger partial charge is 0.0499 e. The second-order valence-electron chi connectivity index (χ2n) is 5.39. The van der Waals surface area contributed by atoms with Crippen LogP contribution in [-0.2, 0) is 0 Å². The molecule has 2 heteroatoms. The summed E-state index contributed by atoms with van der Waals surface area (Å²) in [5.74, 6) is 0. The summed E-state index contributed by atoms with van der Waals surface area (Å²) in [6, 6.07) is 0.762. The van der Waals surface area contributed by atoms with E-state index >= 15 is 0 Å². The van der Waals surface area contributed by atoms with E-state index in [2.05, 4.69) is 25.7 Å². The van der Waals surface area contributed by atoms with Gasteiger partial charge in [-0.25, -0.2) is 0 Å². The Hall–Kier alpha value is -0.0800. The van der Waals surface area contributed by atoms with E-state index in [9.17, 15) is 5.11 Å². The normalized spacial score (nSPS) is 23.6. The fourth-order valence-electron chi connectivity index (χ4n) is 2.91. The topological polar surface area (TPSA) is 23.5 Å². The predicted octanol–water partition coefficient (Wildman–Crippen LogP) is 3.05. The third-order valence-electron chi connectivity index (χ3n) is 4.59. The summed E-state index contributed by atoms with van der Waals surface area (Å²) in [5.41, 5.74) is 0.144. The quantitative estimate of drug-likeness (QED) is 0.754. The Balaban J connectivity index is 2.61. The van der Waals surface area contributed by atoms with Crippen LogP contribution in [0.25, 0.3) is 0 Å². The zero-order chi connectivity index (χ0) is 12.0. The molecule has 0 amide bonds. The fraction of sp³-hybridized carbons (Fsp3) is 1.00. The number of piperidine rings is 1. The number of aliphatic hydroxyl groups is 1. The molecule has 0 aromatic heterocycles. The van der Waals surface area contributed by atoms with Gasteiger partial charge in [-0.1, -0.05) is 27.2 Å². The van der Waals surface area contributed by atoms with E-state index in [4.69, 9.17) is 0 Å². The lowest BCUT2D eigenvalue weighted by atomic mass is 9.81. The lowest BCUT2D eigenvalue weighted by Crippen LogP contribution is -2.47. The molecule has 0 saturated carbocycles. The first kappa shape index (κ1) is 14.0. The van der Waals surface area contributed by atoms with Crippen molar-refractivity contribution in [3.8, 4) is 0 Å². The first-order valence-corrected chi connectivity index (χ1v) is 7.06. The van der Waals surface area contributed by atoms with Crippen molar-refractivity contribution in [3.05, 3.63) is 0 Å². The summed E-state index contributed by atoms with van der Waals surface area (Å²) in [4.78, 5) is 2.63. The Labute approximate surface area is 101 Å². The van der Waals surface area contributed by atoms with Crippen molar-refractivity contribution in [2.45, 2.75) is 65.3 Å². The fourth-order valence-corrected chi connectivity index (χ4v) is 2.91. The second kappa shape index (κ2) is 6.61. The van der Waals surface area contributed by atoms with Crippen molar-refractivity contribution in [1.29, 1.82) is 0 Å². The number of hydrogen-bond acceptors (Lipinski definition) is 2. The first-order chi connectivity index (χ1) is 7.71. The van der Waals surface area contributed by atoms with Crippen molar-refractivity contribution >= 4 is 0 Å². The number of aliphatic hydroxyl groups excluding tert-OH is 1. The summed E-state index contributed by atoms with van der Waals surface area (Å²) in [7, 11) is 0. The zero-order valence-corrected chi connectivity index (χ0v) is 11.3. The van der Waals surface area contributed by atoms with Crippen LogP contribution in [0, 0.1) is 5.41 Å². The molecule has 1 aliphatic heterocycles. The zero-order valence-electron chi connectivity index (χ0n) is 11.3.